The number of rotatable bonds is 3. The number of nitrogens with one attached hydrogen (secondary N) is 1. The molecule has 14 heavy (non-hydrogen) atoms. The van der Waals surface area contributed by atoms with Crippen molar-refractivity contribution in [1.29, 1.82) is 0 Å². The van der Waals surface area contributed by atoms with E-state index in [0.717, 1.165) is 12.8 Å². The summed E-state index contributed by atoms with van der Waals surface area (Å²) >= 11 is 5.70. The van der Waals surface area contributed by atoms with Crippen molar-refractivity contribution < 1.29 is 9.90 Å². The molecule has 1 aromatic rings. The van der Waals surface area contributed by atoms with E-state index in [1.807, 2.05) is 0 Å². The van der Waals surface area contributed by atoms with E-state index in [1.54, 1.807) is 6.07 Å². The number of carboxylic acid groups (broad SMARTS) is 1. The third kappa shape index (κ3) is 1.80. The number of pyridine rings is 1. The van der Waals surface area contributed by atoms with Crippen LogP contribution in [0.3, 0.4) is 0 Å². The summed E-state index contributed by atoms with van der Waals surface area (Å²) in [5.74, 6) is -1.05. The first-order valence-corrected chi connectivity index (χ1v) is 4.70. The van der Waals surface area contributed by atoms with E-state index in [-0.39, 0.29) is 10.7 Å². The monoisotopic (exact) mass is 212 g/mol. The summed E-state index contributed by atoms with van der Waals surface area (Å²) < 4.78 is 0. The largest absolute Gasteiger partial charge is 0.478 e. The molecule has 1 saturated carbocycles. The summed E-state index contributed by atoms with van der Waals surface area (Å²) in [5, 5.41) is 12.0. The number of aromatic carboxylic acids is 1. The second-order valence-corrected chi connectivity index (χ2v) is 3.61. The Morgan fingerprint density at radius 1 is 1.64 bits per heavy atom. The van der Waals surface area contributed by atoms with Gasteiger partial charge in [-0.15, -0.1) is 0 Å². The van der Waals surface area contributed by atoms with Gasteiger partial charge in [0.15, 0.2) is 0 Å². The summed E-state index contributed by atoms with van der Waals surface area (Å²) in [6, 6.07) is 2.03. The molecule has 0 atom stereocenters. The minimum absolute atomic E-state index is 0.0307. The van der Waals surface area contributed by atoms with Gasteiger partial charge in [-0.1, -0.05) is 11.6 Å². The smallest absolute Gasteiger partial charge is 0.340 e. The van der Waals surface area contributed by atoms with Crippen molar-refractivity contribution >= 4 is 23.3 Å². The summed E-state index contributed by atoms with van der Waals surface area (Å²) in [4.78, 5) is 14.6. The lowest BCUT2D eigenvalue weighted by Crippen LogP contribution is -2.09. The Labute approximate surface area is 85.9 Å². The van der Waals surface area contributed by atoms with Crippen molar-refractivity contribution in [1.82, 2.24) is 4.98 Å². The lowest BCUT2D eigenvalue weighted by molar-refractivity contribution is 0.0697. The van der Waals surface area contributed by atoms with E-state index in [0.29, 0.717) is 11.7 Å². The normalized spacial score (nSPS) is 15.2. The number of nitrogens with zero attached hydrogens (tertiary/aromatic N) is 1. The zero-order valence-corrected chi connectivity index (χ0v) is 8.08. The first-order valence-electron chi connectivity index (χ1n) is 4.33. The van der Waals surface area contributed by atoms with Crippen LogP contribution >= 0.6 is 11.6 Å². The topological polar surface area (TPSA) is 62.2 Å². The third-order valence-electron chi connectivity index (χ3n) is 2.06. The molecule has 2 rings (SSSR count). The van der Waals surface area contributed by atoms with Gasteiger partial charge >= 0.3 is 5.97 Å². The Hall–Kier alpha value is -1.29. The van der Waals surface area contributed by atoms with Crippen molar-refractivity contribution in [2.24, 2.45) is 0 Å². The second kappa shape index (κ2) is 3.46. The number of hydrogen-bond donors (Lipinski definition) is 2. The Morgan fingerprint density at radius 3 is 2.93 bits per heavy atom. The van der Waals surface area contributed by atoms with Crippen LogP contribution in [0.2, 0.25) is 5.15 Å². The molecule has 0 radical (unpaired) electrons. The predicted octanol–water partition coefficient (Wildman–Crippen LogP) is 2.01. The van der Waals surface area contributed by atoms with Crippen LogP contribution in [-0.4, -0.2) is 22.1 Å². The third-order valence-corrected chi connectivity index (χ3v) is 2.34. The SMILES string of the molecule is O=C(O)c1c(NC2CC2)ccnc1Cl. The highest BCUT2D eigenvalue weighted by Crippen LogP contribution is 2.28. The van der Waals surface area contributed by atoms with E-state index in [9.17, 15) is 4.79 Å². The minimum Gasteiger partial charge on any atom is -0.478 e. The zero-order chi connectivity index (χ0) is 10.1. The first-order chi connectivity index (χ1) is 6.68. The molecule has 74 valence electrons. The quantitative estimate of drug-likeness (QED) is 0.753. The number of hydrogen-bond acceptors (Lipinski definition) is 3. The van der Waals surface area contributed by atoms with Crippen molar-refractivity contribution in [2.75, 3.05) is 5.32 Å². The predicted molar refractivity (Wildman–Crippen MR) is 52.9 cm³/mol. The van der Waals surface area contributed by atoms with Gasteiger partial charge in [0.25, 0.3) is 0 Å². The molecule has 0 aromatic carbocycles. The Morgan fingerprint density at radius 2 is 2.36 bits per heavy atom. The maximum Gasteiger partial charge on any atom is 0.340 e. The molecule has 1 fully saturated rings. The van der Waals surface area contributed by atoms with Crippen LogP contribution < -0.4 is 5.32 Å². The van der Waals surface area contributed by atoms with Crippen molar-refractivity contribution in [2.45, 2.75) is 18.9 Å². The highest BCUT2D eigenvalue weighted by atomic mass is 35.5. The van der Waals surface area contributed by atoms with Crippen LogP contribution in [0.25, 0.3) is 0 Å². The van der Waals surface area contributed by atoms with Gasteiger partial charge < -0.3 is 10.4 Å². The molecule has 1 aliphatic rings. The van der Waals surface area contributed by atoms with Gasteiger partial charge in [-0.3, -0.25) is 0 Å². The molecule has 0 aliphatic heterocycles. The standard InChI is InChI=1S/C9H9ClN2O2/c10-8-7(9(13)14)6(3-4-11-8)12-5-1-2-5/h3-5H,1-2H2,(H,11,12)(H,13,14). The van der Waals surface area contributed by atoms with Crippen LogP contribution in [0.5, 0.6) is 0 Å². The highest BCUT2D eigenvalue weighted by molar-refractivity contribution is 6.33. The van der Waals surface area contributed by atoms with Crippen molar-refractivity contribution in [3.63, 3.8) is 0 Å². The average molecular weight is 213 g/mol. The van der Waals surface area contributed by atoms with E-state index in [1.165, 1.54) is 6.20 Å². The van der Waals surface area contributed by atoms with Gasteiger partial charge in [0, 0.05) is 12.2 Å². The Balaban J connectivity index is 2.35. The molecule has 0 bridgehead atoms. The molecule has 0 amide bonds. The maximum absolute atomic E-state index is 10.9. The molecule has 4 nitrogen and oxygen atoms in total. The molecule has 5 heteroatoms. The maximum atomic E-state index is 10.9. The molecule has 0 saturated heterocycles. The summed E-state index contributed by atoms with van der Waals surface area (Å²) in [6.07, 6.45) is 3.66. The van der Waals surface area contributed by atoms with Gasteiger partial charge in [0.2, 0.25) is 0 Å². The fourth-order valence-electron chi connectivity index (χ4n) is 1.21. The molecule has 0 unspecified atom stereocenters. The molecular formula is C9H9ClN2O2. The second-order valence-electron chi connectivity index (χ2n) is 3.25. The van der Waals surface area contributed by atoms with Crippen LogP contribution in [-0.2, 0) is 0 Å². The van der Waals surface area contributed by atoms with E-state index >= 15 is 0 Å². The van der Waals surface area contributed by atoms with E-state index < -0.39 is 5.97 Å². The number of anilines is 1. The van der Waals surface area contributed by atoms with Crippen LogP contribution in [0.1, 0.15) is 23.2 Å². The number of carbonyl (C=O) groups is 1. The molecule has 0 spiro atoms. The van der Waals surface area contributed by atoms with Gasteiger partial charge in [-0.2, -0.15) is 0 Å². The van der Waals surface area contributed by atoms with Crippen molar-refractivity contribution in [3.8, 4) is 0 Å². The van der Waals surface area contributed by atoms with Crippen molar-refractivity contribution in [3.05, 3.63) is 23.0 Å². The molecule has 1 heterocycles. The van der Waals surface area contributed by atoms with Crippen LogP contribution in [0, 0.1) is 0 Å². The molecular weight excluding hydrogens is 204 g/mol. The van der Waals surface area contributed by atoms with Crippen LogP contribution in [0.4, 0.5) is 5.69 Å². The Bertz CT molecular complexity index is 377. The zero-order valence-electron chi connectivity index (χ0n) is 7.33. The lowest BCUT2D eigenvalue weighted by Gasteiger charge is -2.08. The average Bonchev–Trinajstić information content (AvgIpc) is 2.87. The number of carboxylic acids is 1. The molecule has 2 N–H and O–H groups in total. The van der Waals surface area contributed by atoms with E-state index in [2.05, 4.69) is 10.3 Å². The highest BCUT2D eigenvalue weighted by Gasteiger charge is 2.24. The number of aromatic nitrogens is 1. The van der Waals surface area contributed by atoms with Gasteiger partial charge in [-0.25, -0.2) is 9.78 Å². The molecule has 1 aliphatic carbocycles. The Kier molecular flexibility index (Phi) is 2.29. The summed E-state index contributed by atoms with van der Waals surface area (Å²) in [6.45, 7) is 0. The summed E-state index contributed by atoms with van der Waals surface area (Å²) in [5.41, 5.74) is 0.612. The van der Waals surface area contributed by atoms with Crippen LogP contribution in [0.15, 0.2) is 12.3 Å². The van der Waals surface area contributed by atoms with Gasteiger partial charge in [0.05, 0.1) is 5.69 Å². The number of halogens is 1. The van der Waals surface area contributed by atoms with E-state index in [4.69, 9.17) is 16.7 Å². The minimum atomic E-state index is -1.05. The fourth-order valence-corrected chi connectivity index (χ4v) is 1.45. The lowest BCUT2D eigenvalue weighted by atomic mass is 10.2. The molecule has 1 aromatic heterocycles. The van der Waals surface area contributed by atoms with Gasteiger partial charge in [-0.05, 0) is 18.9 Å². The van der Waals surface area contributed by atoms with Gasteiger partial charge in [0.1, 0.15) is 10.7 Å². The first kappa shape index (κ1) is 9.27. The summed E-state index contributed by atoms with van der Waals surface area (Å²) in [7, 11) is 0. The fraction of sp³-hybridized carbons (Fsp3) is 0.333.